The van der Waals surface area contributed by atoms with Crippen LogP contribution in [0.5, 0.6) is 28.7 Å². The van der Waals surface area contributed by atoms with Gasteiger partial charge < -0.3 is 59.8 Å². The van der Waals surface area contributed by atoms with E-state index < -0.39 is 88.8 Å². The molecule has 1 saturated heterocycles. The first-order valence-corrected chi connectivity index (χ1v) is 24.0. The fraction of sp³-hybridized carbons (Fsp3) is 0.444. The zero-order chi connectivity index (χ0) is 54.0. The van der Waals surface area contributed by atoms with Gasteiger partial charge in [0.15, 0.2) is 17.3 Å². The Hall–Kier alpha value is -7.06. The minimum atomic E-state index is -2.04. The number of carbonyl (C=O) groups excluding carboxylic acids is 5. The fourth-order valence-corrected chi connectivity index (χ4v) is 9.47. The Bertz CT molecular complexity index is 2840. The number of esters is 1. The lowest BCUT2D eigenvalue weighted by molar-refractivity contribution is -0.160. The van der Waals surface area contributed by atoms with Crippen LogP contribution in [0.2, 0.25) is 0 Å². The van der Waals surface area contributed by atoms with Crippen LogP contribution in [-0.4, -0.2) is 147 Å². The van der Waals surface area contributed by atoms with Crippen LogP contribution in [-0.2, 0) is 23.8 Å². The van der Waals surface area contributed by atoms with Gasteiger partial charge >= 0.3 is 11.8 Å². The molecule has 0 unspecified atom stereocenters. The number of hydrogen-bond acceptors (Lipinski definition) is 18. The number of methoxy groups -OCH3 is 1. The molecule has 0 aromatic heterocycles. The summed E-state index contributed by atoms with van der Waals surface area (Å²) in [6.07, 6.45) is 7.27. The van der Waals surface area contributed by atoms with Crippen LogP contribution in [0, 0.1) is 37.5 Å². The minimum absolute atomic E-state index is 0.0559. The number of aliphatic hydroxyl groups excluding tert-OH is 2. The molecule has 3 aromatic rings. The summed E-state index contributed by atoms with van der Waals surface area (Å²) in [6, 6.07) is 3.09. The third kappa shape index (κ3) is 11.3. The van der Waals surface area contributed by atoms with Gasteiger partial charge in [-0.05, 0) is 63.7 Å². The maximum atomic E-state index is 14.4. The number of aliphatic hydroxyl groups is 2. The van der Waals surface area contributed by atoms with Crippen LogP contribution in [0.4, 0.5) is 5.69 Å². The number of fused-ring (bicyclic) bond motifs is 15. The molecule has 7 N–H and O–H groups in total. The van der Waals surface area contributed by atoms with Crippen molar-refractivity contribution < 1.29 is 73.6 Å². The molecule has 19 nitrogen and oxygen atoms in total. The van der Waals surface area contributed by atoms with Crippen molar-refractivity contribution in [1.29, 1.82) is 0 Å². The number of phenols is 4. The first-order valence-electron chi connectivity index (χ1n) is 24.0. The first-order chi connectivity index (χ1) is 34.3. The number of allylic oxidation sites excluding steroid dienone is 4. The van der Waals surface area contributed by atoms with Gasteiger partial charge in [-0.1, -0.05) is 45.9 Å². The van der Waals surface area contributed by atoms with Crippen molar-refractivity contribution in [3.8, 4) is 28.7 Å². The maximum absolute atomic E-state index is 14.4. The van der Waals surface area contributed by atoms with E-state index in [1.165, 1.54) is 77.7 Å². The second-order valence-corrected chi connectivity index (χ2v) is 19.4. The van der Waals surface area contributed by atoms with Gasteiger partial charge in [-0.15, -0.1) is 0 Å². The van der Waals surface area contributed by atoms with Gasteiger partial charge in [-0.2, -0.15) is 5.10 Å². The number of anilines is 1. The summed E-state index contributed by atoms with van der Waals surface area (Å²) in [5.41, 5.74) is 0.813. The Labute approximate surface area is 423 Å². The summed E-state index contributed by atoms with van der Waals surface area (Å²) in [5.74, 6) is -9.02. The number of nitrogens with one attached hydrogen (secondary N) is 1. The lowest BCUT2D eigenvalue weighted by atomic mass is 9.78. The van der Waals surface area contributed by atoms with Crippen LogP contribution in [0.25, 0.3) is 10.8 Å². The van der Waals surface area contributed by atoms with E-state index in [1.54, 1.807) is 57.8 Å². The van der Waals surface area contributed by atoms with Crippen molar-refractivity contribution in [3.63, 3.8) is 0 Å². The number of aryl methyl sites for hydroxylation is 1. The molecule has 73 heavy (non-hydrogen) atoms. The monoisotopic (exact) mass is 1010 g/mol. The molecule has 1 amide bonds. The number of nitrogens with zero attached hydrogens (tertiary/aromatic N) is 3. The standard InChI is InChI=1S/C43H58N4O12.C11H8O3/c1-21-12-11-13-22(2)42(55)45-33-28(20-44-47-17-15-46(9)16-18-47)37(52)30-31(38(33)53)36(51)26(6)40-32(30)41(54)43(8,59-40)57-19-14-29(56-10)23(3)39(58-27(7)48)25(5)35(50)24(4)34(21)49;1-6-4-7-8(12)2-3-9(13)11(7)10(14)5-6/h11-14,19-21,23-25,29,34-35,39,49-53H,15-18H2,1-10H3,(H,45,55);2-5,14H,1H3/b12-11+,19-14+,22-13-,44-20-;/t21-,23+,24+,25+,29-,34-,35+,39+,43-;/m0./s1. The highest BCUT2D eigenvalue weighted by atomic mass is 16.7. The summed E-state index contributed by atoms with van der Waals surface area (Å²) < 4.78 is 23.6. The van der Waals surface area contributed by atoms with Gasteiger partial charge in [-0.25, -0.2) is 0 Å². The number of hydrazone groups is 1. The number of piperazine rings is 1. The summed E-state index contributed by atoms with van der Waals surface area (Å²) in [7, 11) is 3.42. The zero-order valence-electron chi connectivity index (χ0n) is 42.9. The third-order valence-corrected chi connectivity index (χ3v) is 14.0. The number of ketones is 3. The number of rotatable bonds is 4. The van der Waals surface area contributed by atoms with E-state index in [0.717, 1.165) is 18.7 Å². The molecule has 8 rings (SSSR count). The smallest absolute Gasteiger partial charge is 0.312 e. The van der Waals surface area contributed by atoms with E-state index in [0.29, 0.717) is 13.1 Å². The van der Waals surface area contributed by atoms with Gasteiger partial charge in [0.05, 0.1) is 58.6 Å². The quantitative estimate of drug-likeness (QED) is 0.0686. The number of ether oxygens (including phenoxy) is 4. The van der Waals surface area contributed by atoms with Crippen molar-refractivity contribution in [3.05, 3.63) is 93.8 Å². The van der Waals surface area contributed by atoms with Crippen LogP contribution in [0.3, 0.4) is 0 Å². The molecule has 5 bridgehead atoms. The number of carbonyl (C=O) groups is 5. The topological polar surface area (TPSA) is 275 Å². The molecule has 1 aliphatic carbocycles. The van der Waals surface area contributed by atoms with Gasteiger partial charge in [-0.3, -0.25) is 29.0 Å². The molecule has 19 heteroatoms. The third-order valence-electron chi connectivity index (χ3n) is 14.0. The Morgan fingerprint density at radius 3 is 2.15 bits per heavy atom. The van der Waals surface area contributed by atoms with E-state index in [4.69, 9.17) is 18.9 Å². The normalized spacial score (nSPS) is 28.7. The van der Waals surface area contributed by atoms with Crippen molar-refractivity contribution in [2.24, 2.45) is 28.8 Å². The lowest BCUT2D eigenvalue weighted by Gasteiger charge is -2.38. The van der Waals surface area contributed by atoms with E-state index >= 15 is 0 Å². The van der Waals surface area contributed by atoms with Gasteiger partial charge in [0.25, 0.3) is 11.7 Å². The Balaban J connectivity index is 0.000000530. The van der Waals surface area contributed by atoms with Gasteiger partial charge in [0.1, 0.15) is 29.1 Å². The molecule has 4 aliphatic heterocycles. The van der Waals surface area contributed by atoms with E-state index in [2.05, 4.69) is 15.3 Å². The highest BCUT2D eigenvalue weighted by Crippen LogP contribution is 2.55. The minimum Gasteiger partial charge on any atom is -0.507 e. The highest BCUT2D eigenvalue weighted by Gasteiger charge is 2.50. The molecule has 0 spiro atoms. The molecule has 0 radical (unpaired) electrons. The number of amides is 1. The Morgan fingerprint density at radius 2 is 1.51 bits per heavy atom. The Kier molecular flexibility index (Phi) is 16.9. The molecule has 0 saturated carbocycles. The van der Waals surface area contributed by atoms with Crippen LogP contribution in [0.15, 0.2) is 65.5 Å². The molecule has 9 atom stereocenters. The SMILES string of the molecule is CO[C@H]1/C=C/O[C@@]2(C)Oc3c(C)c(O)c4c(O)c(c(/C=N\N5CCN(C)CC5)c(O)c4c3C2=O)NC(=O)/C(C)=C\C=C\[C@H](C)[C@H](O)[C@@H](C)[C@@H](O)[C@@H](C)[C@H](OC(C)=O)[C@@H]1C.Cc1cc(O)c2c(c1)C(=O)C=CC2=O. The van der Waals surface area contributed by atoms with Crippen molar-refractivity contribution in [2.45, 2.75) is 92.5 Å². The average Bonchev–Trinajstić information content (AvgIpc) is 3.61. The maximum Gasteiger partial charge on any atom is 0.312 e. The second-order valence-electron chi connectivity index (χ2n) is 19.4. The largest absolute Gasteiger partial charge is 0.507 e. The molecule has 392 valence electrons. The molecule has 3 aromatic carbocycles. The van der Waals surface area contributed by atoms with Gasteiger partial charge in [0.2, 0.25) is 0 Å². The summed E-state index contributed by atoms with van der Waals surface area (Å²) in [4.78, 5) is 65.4. The molecule has 1 fully saturated rings. The number of hydrogen-bond donors (Lipinski definition) is 7. The van der Waals surface area contributed by atoms with Crippen molar-refractivity contribution >= 4 is 51.9 Å². The van der Waals surface area contributed by atoms with E-state index in [1.807, 2.05) is 7.05 Å². The van der Waals surface area contributed by atoms with Crippen molar-refractivity contribution in [2.75, 3.05) is 45.7 Å². The number of benzene rings is 3. The van der Waals surface area contributed by atoms with Crippen molar-refractivity contribution in [1.82, 2.24) is 9.91 Å². The predicted molar refractivity (Wildman–Crippen MR) is 271 cm³/mol. The number of aromatic hydroxyl groups is 4. The van der Waals surface area contributed by atoms with Crippen LogP contribution < -0.4 is 10.1 Å². The number of Topliss-reactive ketones (excluding diaryl/α,β-unsaturated/α-hetero) is 1. The molecular formula is C54H66N4O15. The molecule has 5 aliphatic rings. The lowest BCUT2D eigenvalue weighted by Crippen LogP contribution is -2.46. The summed E-state index contributed by atoms with van der Waals surface area (Å²) in [5, 5.41) is 76.4. The first kappa shape index (κ1) is 55.3. The predicted octanol–water partition coefficient (Wildman–Crippen LogP) is 5.97. The molecular weight excluding hydrogens is 945 g/mol. The van der Waals surface area contributed by atoms with Crippen LogP contribution in [0.1, 0.15) is 96.2 Å². The van der Waals surface area contributed by atoms with E-state index in [9.17, 15) is 54.6 Å². The number of likely N-dealkylation sites (N-methyl/N-ethyl adjacent to an activating group) is 1. The zero-order valence-corrected chi connectivity index (χ0v) is 42.9. The highest BCUT2D eigenvalue weighted by molar-refractivity contribution is 6.24. The van der Waals surface area contributed by atoms with Crippen LogP contribution >= 0.6 is 0 Å². The van der Waals surface area contributed by atoms with E-state index in [-0.39, 0.29) is 72.9 Å². The second kappa shape index (κ2) is 22.4. The molecule has 4 heterocycles. The average molecular weight is 1010 g/mol. The summed E-state index contributed by atoms with van der Waals surface area (Å²) >= 11 is 0. The fourth-order valence-electron chi connectivity index (χ4n) is 9.47. The Morgan fingerprint density at radius 1 is 0.849 bits per heavy atom. The van der Waals surface area contributed by atoms with Gasteiger partial charge in [0, 0.05) is 92.9 Å². The summed E-state index contributed by atoms with van der Waals surface area (Å²) in [6.45, 7) is 16.9. The number of phenolic OH excluding ortho intramolecular Hbond substituents is 4.